The number of aromatic amines is 1. The van der Waals surface area contributed by atoms with E-state index in [1.54, 1.807) is 24.3 Å². The SMILES string of the molecule is O=c1cc(OC2OC(CO)C(O)C(O)C2O)c2ccccc2[nH]1. The second kappa shape index (κ2) is 6.26. The molecule has 8 nitrogen and oxygen atoms in total. The summed E-state index contributed by atoms with van der Waals surface area (Å²) in [6, 6.07) is 8.10. The molecule has 3 rings (SSSR count). The molecule has 8 heteroatoms. The summed E-state index contributed by atoms with van der Waals surface area (Å²) in [5.74, 6) is 0.161. The molecule has 5 unspecified atom stereocenters. The first kappa shape index (κ1) is 15.9. The summed E-state index contributed by atoms with van der Waals surface area (Å²) in [6.45, 7) is -0.555. The highest BCUT2D eigenvalue weighted by Gasteiger charge is 2.44. The van der Waals surface area contributed by atoms with Gasteiger partial charge in [0.1, 0.15) is 30.2 Å². The maximum Gasteiger partial charge on any atom is 0.252 e. The van der Waals surface area contributed by atoms with Gasteiger partial charge in [-0.25, -0.2) is 0 Å². The van der Waals surface area contributed by atoms with Crippen molar-refractivity contribution in [1.29, 1.82) is 0 Å². The Kier molecular flexibility index (Phi) is 4.33. The predicted molar refractivity (Wildman–Crippen MR) is 79.0 cm³/mol. The van der Waals surface area contributed by atoms with E-state index in [4.69, 9.17) is 9.47 Å². The average molecular weight is 323 g/mol. The summed E-state index contributed by atoms with van der Waals surface area (Å²) in [6.07, 6.45) is -6.96. The third kappa shape index (κ3) is 2.94. The molecule has 0 amide bonds. The van der Waals surface area contributed by atoms with Crippen molar-refractivity contribution in [2.75, 3.05) is 6.61 Å². The average Bonchev–Trinajstić information content (AvgIpc) is 2.55. The van der Waals surface area contributed by atoms with Gasteiger partial charge in [0.25, 0.3) is 5.56 Å². The summed E-state index contributed by atoms with van der Waals surface area (Å²) >= 11 is 0. The summed E-state index contributed by atoms with van der Waals surface area (Å²) < 4.78 is 10.8. The van der Waals surface area contributed by atoms with Crippen LogP contribution in [0, 0.1) is 0 Å². The lowest BCUT2D eigenvalue weighted by molar-refractivity contribution is -0.277. The number of aromatic nitrogens is 1. The van der Waals surface area contributed by atoms with E-state index in [0.29, 0.717) is 10.9 Å². The van der Waals surface area contributed by atoms with E-state index in [2.05, 4.69) is 4.98 Å². The van der Waals surface area contributed by atoms with Gasteiger partial charge < -0.3 is 34.9 Å². The number of benzene rings is 1. The second-order valence-corrected chi connectivity index (χ2v) is 5.36. The van der Waals surface area contributed by atoms with Crippen molar-refractivity contribution in [2.45, 2.75) is 30.7 Å². The molecular formula is C15H17NO7. The van der Waals surface area contributed by atoms with Gasteiger partial charge in [0.2, 0.25) is 6.29 Å². The minimum absolute atomic E-state index is 0.161. The normalized spacial score (nSPS) is 31.2. The fourth-order valence-corrected chi connectivity index (χ4v) is 2.56. The molecule has 1 fully saturated rings. The number of nitrogens with one attached hydrogen (secondary N) is 1. The minimum Gasteiger partial charge on any atom is -0.461 e. The van der Waals surface area contributed by atoms with Crippen LogP contribution in [0.25, 0.3) is 10.9 Å². The Labute approximate surface area is 130 Å². The Morgan fingerprint density at radius 3 is 2.61 bits per heavy atom. The Morgan fingerprint density at radius 1 is 1.13 bits per heavy atom. The third-order valence-electron chi connectivity index (χ3n) is 3.80. The van der Waals surface area contributed by atoms with Crippen molar-refractivity contribution in [2.24, 2.45) is 0 Å². The number of H-pyrrole nitrogens is 1. The Bertz CT molecular complexity index is 744. The molecule has 23 heavy (non-hydrogen) atoms. The molecule has 0 saturated carbocycles. The fraction of sp³-hybridized carbons (Fsp3) is 0.400. The molecule has 1 aliphatic rings. The highest BCUT2D eigenvalue weighted by atomic mass is 16.7. The number of aliphatic hydroxyl groups excluding tert-OH is 4. The van der Waals surface area contributed by atoms with Crippen molar-refractivity contribution in [1.82, 2.24) is 4.98 Å². The molecule has 0 radical (unpaired) electrons. The number of hydrogen-bond donors (Lipinski definition) is 5. The van der Waals surface area contributed by atoms with Crippen LogP contribution < -0.4 is 10.3 Å². The summed E-state index contributed by atoms with van der Waals surface area (Å²) in [5.41, 5.74) is 0.142. The standard InChI is InChI=1S/C15H17NO7/c17-6-10-12(19)13(20)14(21)15(23-10)22-9-5-11(18)16-8-4-2-1-3-7(8)9/h1-5,10,12-15,17,19-21H,6H2,(H,16,18). The van der Waals surface area contributed by atoms with E-state index >= 15 is 0 Å². The molecule has 0 bridgehead atoms. The fourth-order valence-electron chi connectivity index (χ4n) is 2.56. The van der Waals surface area contributed by atoms with Gasteiger partial charge in [-0.15, -0.1) is 0 Å². The molecule has 2 aromatic rings. The van der Waals surface area contributed by atoms with Crippen LogP contribution in [0.15, 0.2) is 35.1 Å². The van der Waals surface area contributed by atoms with E-state index in [9.17, 15) is 25.2 Å². The van der Waals surface area contributed by atoms with Crippen LogP contribution in [0.3, 0.4) is 0 Å². The number of pyridine rings is 1. The smallest absolute Gasteiger partial charge is 0.252 e. The molecule has 5 N–H and O–H groups in total. The Morgan fingerprint density at radius 2 is 1.87 bits per heavy atom. The topological polar surface area (TPSA) is 132 Å². The zero-order valence-electron chi connectivity index (χ0n) is 12.0. The third-order valence-corrected chi connectivity index (χ3v) is 3.80. The zero-order valence-corrected chi connectivity index (χ0v) is 12.0. The molecule has 1 saturated heterocycles. The van der Waals surface area contributed by atoms with Gasteiger partial charge in [0.15, 0.2) is 0 Å². The molecule has 1 aliphatic heterocycles. The highest BCUT2D eigenvalue weighted by molar-refractivity contribution is 5.84. The van der Waals surface area contributed by atoms with Crippen molar-refractivity contribution >= 4 is 10.9 Å². The second-order valence-electron chi connectivity index (χ2n) is 5.36. The van der Waals surface area contributed by atoms with E-state index in [0.717, 1.165) is 0 Å². The van der Waals surface area contributed by atoms with Gasteiger partial charge in [0.05, 0.1) is 12.1 Å². The van der Waals surface area contributed by atoms with E-state index in [-0.39, 0.29) is 5.75 Å². The van der Waals surface area contributed by atoms with Crippen LogP contribution in [0.4, 0.5) is 0 Å². The molecule has 0 aliphatic carbocycles. The van der Waals surface area contributed by atoms with Gasteiger partial charge >= 0.3 is 0 Å². The van der Waals surface area contributed by atoms with E-state index < -0.39 is 42.9 Å². The number of rotatable bonds is 3. The van der Waals surface area contributed by atoms with Gasteiger partial charge in [-0.2, -0.15) is 0 Å². The molecular weight excluding hydrogens is 306 g/mol. The molecule has 1 aromatic heterocycles. The minimum atomic E-state index is -1.54. The Balaban J connectivity index is 1.93. The molecule has 2 heterocycles. The van der Waals surface area contributed by atoms with Crippen molar-refractivity contribution in [3.63, 3.8) is 0 Å². The quantitative estimate of drug-likeness (QED) is 0.474. The maximum absolute atomic E-state index is 11.7. The molecule has 1 aromatic carbocycles. The van der Waals surface area contributed by atoms with Crippen molar-refractivity contribution in [3.8, 4) is 5.75 Å². The van der Waals surface area contributed by atoms with E-state index in [1.165, 1.54) is 6.07 Å². The number of para-hydroxylation sites is 1. The highest BCUT2D eigenvalue weighted by Crippen LogP contribution is 2.27. The summed E-state index contributed by atoms with van der Waals surface area (Å²) in [7, 11) is 0. The predicted octanol–water partition coefficient (Wildman–Crippen LogP) is -1.29. The zero-order chi connectivity index (χ0) is 16.6. The molecule has 5 atom stereocenters. The van der Waals surface area contributed by atoms with Crippen LogP contribution in [0.5, 0.6) is 5.75 Å². The largest absolute Gasteiger partial charge is 0.461 e. The van der Waals surface area contributed by atoms with Gasteiger partial charge in [-0.1, -0.05) is 12.1 Å². The lowest BCUT2D eigenvalue weighted by atomic mass is 9.99. The van der Waals surface area contributed by atoms with Gasteiger partial charge in [0, 0.05) is 11.5 Å². The van der Waals surface area contributed by atoms with Crippen LogP contribution in [-0.2, 0) is 4.74 Å². The summed E-state index contributed by atoms with van der Waals surface area (Å²) in [5, 5.41) is 39.3. The number of ether oxygens (including phenoxy) is 2. The summed E-state index contributed by atoms with van der Waals surface area (Å²) in [4.78, 5) is 14.3. The van der Waals surface area contributed by atoms with Crippen molar-refractivity contribution < 1.29 is 29.9 Å². The van der Waals surface area contributed by atoms with Crippen LogP contribution in [-0.4, -0.2) is 62.7 Å². The lowest BCUT2D eigenvalue weighted by Gasteiger charge is -2.39. The van der Waals surface area contributed by atoms with Crippen molar-refractivity contribution in [3.05, 3.63) is 40.7 Å². The first-order chi connectivity index (χ1) is 11.0. The molecule has 124 valence electrons. The van der Waals surface area contributed by atoms with Crippen LogP contribution >= 0.6 is 0 Å². The first-order valence-electron chi connectivity index (χ1n) is 7.10. The Hall–Kier alpha value is -1.97. The number of aliphatic hydroxyl groups is 4. The number of hydrogen-bond acceptors (Lipinski definition) is 7. The lowest BCUT2D eigenvalue weighted by Crippen LogP contribution is -2.60. The first-order valence-corrected chi connectivity index (χ1v) is 7.10. The van der Waals surface area contributed by atoms with Gasteiger partial charge in [-0.3, -0.25) is 4.79 Å². The maximum atomic E-state index is 11.7. The van der Waals surface area contributed by atoms with Crippen LogP contribution in [0.1, 0.15) is 0 Å². The monoisotopic (exact) mass is 323 g/mol. The van der Waals surface area contributed by atoms with E-state index in [1.807, 2.05) is 0 Å². The van der Waals surface area contributed by atoms with Crippen LogP contribution in [0.2, 0.25) is 0 Å². The van der Waals surface area contributed by atoms with Gasteiger partial charge in [-0.05, 0) is 12.1 Å². The number of fused-ring (bicyclic) bond motifs is 1. The molecule has 0 spiro atoms.